The molecule has 0 aliphatic carbocycles. The van der Waals surface area contributed by atoms with Gasteiger partial charge in [-0.05, 0) is 79.9 Å². The van der Waals surface area contributed by atoms with Crippen LogP contribution in [0.3, 0.4) is 0 Å². The average Bonchev–Trinajstić information content (AvgIpc) is 2.64. The summed E-state index contributed by atoms with van der Waals surface area (Å²) in [7, 11) is 0. The van der Waals surface area contributed by atoms with Crippen molar-refractivity contribution in [2.45, 2.75) is 20.8 Å². The summed E-state index contributed by atoms with van der Waals surface area (Å²) in [5.41, 5.74) is 5.67. The van der Waals surface area contributed by atoms with Crippen LogP contribution in [0, 0.1) is 20.8 Å². The highest BCUT2D eigenvalue weighted by Gasteiger charge is 2.10. The molecule has 0 fully saturated rings. The van der Waals surface area contributed by atoms with Gasteiger partial charge in [0.1, 0.15) is 0 Å². The van der Waals surface area contributed by atoms with Gasteiger partial charge in [0, 0.05) is 22.5 Å². The van der Waals surface area contributed by atoms with Gasteiger partial charge in [0.25, 0.3) is 11.8 Å². The number of anilines is 2. The van der Waals surface area contributed by atoms with Crippen molar-refractivity contribution in [3.8, 4) is 0 Å². The first-order valence-electron chi connectivity index (χ1n) is 8.79. The predicted octanol–water partition coefficient (Wildman–Crippen LogP) is 5.12. The summed E-state index contributed by atoms with van der Waals surface area (Å²) in [5, 5.41) is 5.73. The highest BCUT2D eigenvalue weighted by Crippen LogP contribution is 2.16. The van der Waals surface area contributed by atoms with Crippen LogP contribution in [0.1, 0.15) is 37.4 Å². The standard InChI is InChI=1S/C23H22N2O2/c1-15-6-4-8-20(12-15)24-22(26)18-7-5-9-21(14-18)25-23(27)19-11-10-16(2)17(3)13-19/h4-14H,1-3H3,(H,24,26)(H,25,27). The number of hydrogen-bond donors (Lipinski definition) is 2. The van der Waals surface area contributed by atoms with E-state index in [1.807, 2.05) is 57.2 Å². The molecule has 0 heterocycles. The van der Waals surface area contributed by atoms with E-state index in [0.29, 0.717) is 16.8 Å². The van der Waals surface area contributed by atoms with Crippen molar-refractivity contribution in [2.75, 3.05) is 10.6 Å². The van der Waals surface area contributed by atoms with Crippen molar-refractivity contribution in [1.29, 1.82) is 0 Å². The third-order valence-corrected chi connectivity index (χ3v) is 4.43. The molecule has 3 rings (SSSR count). The van der Waals surface area contributed by atoms with Crippen molar-refractivity contribution < 1.29 is 9.59 Å². The smallest absolute Gasteiger partial charge is 0.255 e. The third-order valence-electron chi connectivity index (χ3n) is 4.43. The lowest BCUT2D eigenvalue weighted by Crippen LogP contribution is -2.15. The Morgan fingerprint density at radius 1 is 0.630 bits per heavy atom. The van der Waals surface area contributed by atoms with Crippen molar-refractivity contribution in [3.05, 3.63) is 94.5 Å². The number of amides is 2. The second kappa shape index (κ2) is 7.87. The Morgan fingerprint density at radius 3 is 1.85 bits per heavy atom. The fourth-order valence-electron chi connectivity index (χ4n) is 2.75. The van der Waals surface area contributed by atoms with E-state index in [2.05, 4.69) is 10.6 Å². The van der Waals surface area contributed by atoms with Gasteiger partial charge in [-0.1, -0.05) is 24.3 Å². The molecule has 0 radical (unpaired) electrons. The summed E-state index contributed by atoms with van der Waals surface area (Å²) in [6.45, 7) is 5.95. The number of carbonyl (C=O) groups excluding carboxylic acids is 2. The number of benzene rings is 3. The molecule has 0 aromatic heterocycles. The molecule has 4 nitrogen and oxygen atoms in total. The van der Waals surface area contributed by atoms with Gasteiger partial charge < -0.3 is 10.6 Å². The van der Waals surface area contributed by atoms with Gasteiger partial charge in [-0.25, -0.2) is 0 Å². The van der Waals surface area contributed by atoms with E-state index in [9.17, 15) is 9.59 Å². The molecule has 136 valence electrons. The van der Waals surface area contributed by atoms with Crippen molar-refractivity contribution in [3.63, 3.8) is 0 Å². The van der Waals surface area contributed by atoms with Crippen molar-refractivity contribution >= 4 is 23.2 Å². The second-order valence-corrected chi connectivity index (χ2v) is 6.66. The fraction of sp³-hybridized carbons (Fsp3) is 0.130. The van der Waals surface area contributed by atoms with Crippen LogP contribution in [0.25, 0.3) is 0 Å². The van der Waals surface area contributed by atoms with Crippen LogP contribution in [0.4, 0.5) is 11.4 Å². The summed E-state index contributed by atoms with van der Waals surface area (Å²) in [6.07, 6.45) is 0. The summed E-state index contributed by atoms with van der Waals surface area (Å²) in [5.74, 6) is -0.419. The fourth-order valence-corrected chi connectivity index (χ4v) is 2.75. The summed E-state index contributed by atoms with van der Waals surface area (Å²) < 4.78 is 0. The Balaban J connectivity index is 1.73. The maximum absolute atomic E-state index is 12.5. The van der Waals surface area contributed by atoms with Crippen LogP contribution in [0.2, 0.25) is 0 Å². The first kappa shape index (κ1) is 18.4. The Kier molecular flexibility index (Phi) is 5.36. The molecule has 0 saturated heterocycles. The van der Waals surface area contributed by atoms with Crippen LogP contribution in [-0.4, -0.2) is 11.8 Å². The van der Waals surface area contributed by atoms with Gasteiger partial charge >= 0.3 is 0 Å². The molecule has 27 heavy (non-hydrogen) atoms. The molecule has 3 aromatic rings. The number of nitrogens with one attached hydrogen (secondary N) is 2. The molecule has 0 saturated carbocycles. The normalized spacial score (nSPS) is 10.3. The zero-order chi connectivity index (χ0) is 19.4. The predicted molar refractivity (Wildman–Crippen MR) is 109 cm³/mol. The third kappa shape index (κ3) is 4.61. The summed E-state index contributed by atoms with van der Waals surface area (Å²) >= 11 is 0. The van der Waals surface area contributed by atoms with Crippen LogP contribution >= 0.6 is 0 Å². The lowest BCUT2D eigenvalue weighted by molar-refractivity contribution is 0.101. The van der Waals surface area contributed by atoms with Crippen molar-refractivity contribution in [1.82, 2.24) is 0 Å². The SMILES string of the molecule is Cc1cccc(NC(=O)c2cccc(NC(=O)c3ccc(C)c(C)c3)c2)c1. The largest absolute Gasteiger partial charge is 0.322 e. The maximum atomic E-state index is 12.5. The molecule has 0 aliphatic heterocycles. The molecule has 0 spiro atoms. The number of rotatable bonds is 4. The van der Waals surface area contributed by atoms with Gasteiger partial charge in [0.2, 0.25) is 0 Å². The van der Waals surface area contributed by atoms with E-state index in [-0.39, 0.29) is 11.8 Å². The highest BCUT2D eigenvalue weighted by atomic mass is 16.2. The van der Waals surface area contributed by atoms with Gasteiger partial charge in [-0.3, -0.25) is 9.59 Å². The average molecular weight is 358 g/mol. The first-order valence-corrected chi connectivity index (χ1v) is 8.79. The molecule has 3 aromatic carbocycles. The molecule has 2 N–H and O–H groups in total. The number of carbonyl (C=O) groups is 2. The van der Waals surface area contributed by atoms with E-state index in [4.69, 9.17) is 0 Å². The number of aryl methyl sites for hydroxylation is 3. The zero-order valence-electron chi connectivity index (χ0n) is 15.7. The van der Waals surface area contributed by atoms with Crippen LogP contribution < -0.4 is 10.6 Å². The molecule has 0 aliphatic rings. The Bertz CT molecular complexity index is 1010. The topological polar surface area (TPSA) is 58.2 Å². The van der Waals surface area contributed by atoms with E-state index in [0.717, 1.165) is 22.4 Å². The molecule has 2 amide bonds. The maximum Gasteiger partial charge on any atom is 0.255 e. The molecular formula is C23H22N2O2. The van der Waals surface area contributed by atoms with Gasteiger partial charge in [0.05, 0.1) is 0 Å². The summed E-state index contributed by atoms with van der Waals surface area (Å²) in [6, 6.07) is 20.1. The zero-order valence-corrected chi connectivity index (χ0v) is 15.7. The molecule has 4 heteroatoms. The van der Waals surface area contributed by atoms with Gasteiger partial charge in [-0.15, -0.1) is 0 Å². The Labute approximate surface area is 159 Å². The first-order chi connectivity index (χ1) is 12.9. The lowest BCUT2D eigenvalue weighted by Gasteiger charge is -2.10. The Morgan fingerprint density at radius 2 is 1.22 bits per heavy atom. The van der Waals surface area contributed by atoms with E-state index in [1.54, 1.807) is 30.3 Å². The van der Waals surface area contributed by atoms with E-state index in [1.165, 1.54) is 0 Å². The molecular weight excluding hydrogens is 336 g/mol. The van der Waals surface area contributed by atoms with Crippen LogP contribution in [-0.2, 0) is 0 Å². The Hall–Kier alpha value is -3.40. The quantitative estimate of drug-likeness (QED) is 0.680. The monoisotopic (exact) mass is 358 g/mol. The number of hydrogen-bond acceptors (Lipinski definition) is 2. The minimum Gasteiger partial charge on any atom is -0.322 e. The molecule has 0 atom stereocenters. The molecule has 0 unspecified atom stereocenters. The minimum absolute atomic E-state index is 0.200. The minimum atomic E-state index is -0.220. The highest BCUT2D eigenvalue weighted by molar-refractivity contribution is 6.07. The van der Waals surface area contributed by atoms with Gasteiger partial charge in [-0.2, -0.15) is 0 Å². The van der Waals surface area contributed by atoms with Crippen LogP contribution in [0.15, 0.2) is 66.7 Å². The molecule has 0 bridgehead atoms. The summed E-state index contributed by atoms with van der Waals surface area (Å²) in [4.78, 5) is 25.0. The van der Waals surface area contributed by atoms with Crippen LogP contribution in [0.5, 0.6) is 0 Å². The van der Waals surface area contributed by atoms with E-state index < -0.39 is 0 Å². The van der Waals surface area contributed by atoms with Gasteiger partial charge in [0.15, 0.2) is 0 Å². The lowest BCUT2D eigenvalue weighted by atomic mass is 10.1. The second-order valence-electron chi connectivity index (χ2n) is 6.66. The van der Waals surface area contributed by atoms with Crippen molar-refractivity contribution in [2.24, 2.45) is 0 Å². The van der Waals surface area contributed by atoms with E-state index >= 15 is 0 Å².